The third-order valence-corrected chi connectivity index (χ3v) is 3.65. The summed E-state index contributed by atoms with van der Waals surface area (Å²) in [5.74, 6) is -0.287. The highest BCUT2D eigenvalue weighted by Gasteiger charge is 2.17. The van der Waals surface area contributed by atoms with Crippen LogP contribution in [-0.4, -0.2) is 16.1 Å². The van der Waals surface area contributed by atoms with Crippen molar-refractivity contribution in [2.75, 3.05) is 5.32 Å². The summed E-state index contributed by atoms with van der Waals surface area (Å²) in [6, 6.07) is 12.8. The van der Waals surface area contributed by atoms with E-state index in [-0.39, 0.29) is 11.8 Å². The molecule has 3 rings (SSSR count). The molecule has 2 aromatic carbocycles. The van der Waals surface area contributed by atoms with E-state index in [0.29, 0.717) is 10.6 Å². The second-order valence-electron chi connectivity index (χ2n) is 5.14. The second kappa shape index (κ2) is 6.22. The molecule has 23 heavy (non-hydrogen) atoms. The first-order chi connectivity index (χ1) is 11.0. The molecule has 0 fully saturated rings. The SMILES string of the molecule is Cc1cccc(C)c1NC(=O)c1nnc(-c2cccc(Cl)c2)o1. The van der Waals surface area contributed by atoms with E-state index in [1.807, 2.05) is 32.0 Å². The summed E-state index contributed by atoms with van der Waals surface area (Å²) in [6.07, 6.45) is 0. The molecule has 5 nitrogen and oxygen atoms in total. The van der Waals surface area contributed by atoms with E-state index in [1.54, 1.807) is 24.3 Å². The third kappa shape index (κ3) is 3.24. The van der Waals surface area contributed by atoms with Gasteiger partial charge in [0.05, 0.1) is 0 Å². The van der Waals surface area contributed by atoms with Gasteiger partial charge in [0.15, 0.2) is 0 Å². The van der Waals surface area contributed by atoms with Crippen LogP contribution in [0.3, 0.4) is 0 Å². The van der Waals surface area contributed by atoms with Crippen molar-refractivity contribution in [2.24, 2.45) is 0 Å². The second-order valence-corrected chi connectivity index (χ2v) is 5.58. The van der Waals surface area contributed by atoms with Gasteiger partial charge in [-0.25, -0.2) is 0 Å². The van der Waals surface area contributed by atoms with Gasteiger partial charge in [-0.2, -0.15) is 0 Å². The minimum Gasteiger partial charge on any atom is -0.412 e. The summed E-state index contributed by atoms with van der Waals surface area (Å²) >= 11 is 5.94. The maximum absolute atomic E-state index is 12.3. The Balaban J connectivity index is 1.84. The summed E-state index contributed by atoms with van der Waals surface area (Å²) in [6.45, 7) is 3.85. The molecule has 0 bridgehead atoms. The number of halogens is 1. The van der Waals surface area contributed by atoms with Crippen molar-refractivity contribution in [1.82, 2.24) is 10.2 Å². The van der Waals surface area contributed by atoms with Crippen LogP contribution in [0.2, 0.25) is 5.02 Å². The summed E-state index contributed by atoms with van der Waals surface area (Å²) in [7, 11) is 0. The van der Waals surface area contributed by atoms with Crippen LogP contribution in [0.25, 0.3) is 11.5 Å². The van der Waals surface area contributed by atoms with Crippen LogP contribution >= 0.6 is 11.6 Å². The van der Waals surface area contributed by atoms with Gasteiger partial charge in [0.1, 0.15) is 0 Å². The number of carbonyl (C=O) groups excluding carboxylic acids is 1. The first kappa shape index (κ1) is 15.2. The molecule has 0 radical (unpaired) electrons. The molecule has 1 heterocycles. The largest absolute Gasteiger partial charge is 0.412 e. The maximum atomic E-state index is 12.3. The fourth-order valence-corrected chi connectivity index (χ4v) is 2.42. The molecule has 0 aliphatic heterocycles. The van der Waals surface area contributed by atoms with Crippen LogP contribution in [0, 0.1) is 13.8 Å². The maximum Gasteiger partial charge on any atom is 0.313 e. The van der Waals surface area contributed by atoms with Gasteiger partial charge < -0.3 is 9.73 Å². The Morgan fingerprint density at radius 1 is 1.09 bits per heavy atom. The van der Waals surface area contributed by atoms with Crippen molar-refractivity contribution in [2.45, 2.75) is 13.8 Å². The van der Waals surface area contributed by atoms with E-state index >= 15 is 0 Å². The summed E-state index contributed by atoms with van der Waals surface area (Å²) < 4.78 is 5.45. The van der Waals surface area contributed by atoms with Crippen LogP contribution in [0.4, 0.5) is 5.69 Å². The van der Waals surface area contributed by atoms with Gasteiger partial charge in [-0.1, -0.05) is 35.9 Å². The molecule has 116 valence electrons. The van der Waals surface area contributed by atoms with Crippen molar-refractivity contribution in [3.63, 3.8) is 0 Å². The van der Waals surface area contributed by atoms with Crippen molar-refractivity contribution in [3.05, 3.63) is 64.5 Å². The number of para-hydroxylation sites is 1. The van der Waals surface area contributed by atoms with Gasteiger partial charge in [-0.05, 0) is 43.2 Å². The summed E-state index contributed by atoms with van der Waals surface area (Å²) in [5, 5.41) is 11.1. The number of aromatic nitrogens is 2. The lowest BCUT2D eigenvalue weighted by Crippen LogP contribution is -2.14. The highest BCUT2D eigenvalue weighted by atomic mass is 35.5. The topological polar surface area (TPSA) is 68.0 Å². The number of nitrogens with one attached hydrogen (secondary N) is 1. The number of rotatable bonds is 3. The number of hydrogen-bond donors (Lipinski definition) is 1. The first-order valence-corrected chi connectivity index (χ1v) is 7.39. The Morgan fingerprint density at radius 2 is 1.78 bits per heavy atom. The summed E-state index contributed by atoms with van der Waals surface area (Å²) in [4.78, 5) is 12.3. The predicted molar refractivity (Wildman–Crippen MR) is 88.6 cm³/mol. The van der Waals surface area contributed by atoms with E-state index < -0.39 is 5.91 Å². The standard InChI is InChI=1S/C17H14ClN3O2/c1-10-5-3-6-11(2)14(10)19-15(22)17-21-20-16(23-17)12-7-4-8-13(18)9-12/h3-9H,1-2H3,(H,19,22). The zero-order chi connectivity index (χ0) is 16.4. The average Bonchev–Trinajstić information content (AvgIpc) is 3.01. The lowest BCUT2D eigenvalue weighted by atomic mass is 10.1. The van der Waals surface area contributed by atoms with E-state index in [1.165, 1.54) is 0 Å². The molecule has 1 N–H and O–H groups in total. The van der Waals surface area contributed by atoms with Crippen LogP contribution in [0.15, 0.2) is 46.9 Å². The molecule has 6 heteroatoms. The van der Waals surface area contributed by atoms with Gasteiger partial charge in [0.2, 0.25) is 5.89 Å². The Morgan fingerprint density at radius 3 is 2.48 bits per heavy atom. The molecule has 0 aliphatic rings. The molecular weight excluding hydrogens is 314 g/mol. The molecule has 0 spiro atoms. The number of amides is 1. The number of anilines is 1. The predicted octanol–water partition coefficient (Wildman–Crippen LogP) is 4.26. The van der Waals surface area contributed by atoms with E-state index in [2.05, 4.69) is 15.5 Å². The van der Waals surface area contributed by atoms with Gasteiger partial charge in [0.25, 0.3) is 0 Å². The number of benzene rings is 2. The highest BCUT2D eigenvalue weighted by Crippen LogP contribution is 2.23. The molecule has 0 aliphatic carbocycles. The van der Waals surface area contributed by atoms with Crippen LogP contribution in [0.1, 0.15) is 21.8 Å². The molecule has 0 saturated heterocycles. The quantitative estimate of drug-likeness (QED) is 0.780. The highest BCUT2D eigenvalue weighted by molar-refractivity contribution is 6.30. The van der Waals surface area contributed by atoms with Gasteiger partial charge in [0, 0.05) is 16.3 Å². The lowest BCUT2D eigenvalue weighted by molar-refractivity contribution is 0.0990. The first-order valence-electron chi connectivity index (χ1n) is 7.01. The van der Waals surface area contributed by atoms with E-state index in [9.17, 15) is 4.79 Å². The fourth-order valence-electron chi connectivity index (χ4n) is 2.23. The zero-order valence-corrected chi connectivity index (χ0v) is 13.4. The normalized spacial score (nSPS) is 10.6. The van der Waals surface area contributed by atoms with Crippen LogP contribution in [-0.2, 0) is 0 Å². The minimum absolute atomic E-state index is 0.0948. The molecule has 3 aromatic rings. The van der Waals surface area contributed by atoms with E-state index in [0.717, 1.165) is 16.8 Å². The third-order valence-electron chi connectivity index (χ3n) is 3.41. The Labute approximate surface area is 138 Å². The Hall–Kier alpha value is -2.66. The smallest absolute Gasteiger partial charge is 0.313 e. The van der Waals surface area contributed by atoms with Crippen molar-refractivity contribution < 1.29 is 9.21 Å². The van der Waals surface area contributed by atoms with Gasteiger partial charge in [-0.3, -0.25) is 4.79 Å². The number of nitrogens with zero attached hydrogens (tertiary/aromatic N) is 2. The monoisotopic (exact) mass is 327 g/mol. The number of hydrogen-bond acceptors (Lipinski definition) is 4. The Kier molecular flexibility index (Phi) is 4.12. The molecule has 0 atom stereocenters. The average molecular weight is 328 g/mol. The van der Waals surface area contributed by atoms with Crippen LogP contribution in [0.5, 0.6) is 0 Å². The molecule has 1 aromatic heterocycles. The molecule has 1 amide bonds. The molecular formula is C17H14ClN3O2. The van der Waals surface area contributed by atoms with Crippen molar-refractivity contribution in [1.29, 1.82) is 0 Å². The summed E-state index contributed by atoms with van der Waals surface area (Å²) in [5.41, 5.74) is 3.34. The Bertz CT molecular complexity index is 854. The zero-order valence-electron chi connectivity index (χ0n) is 12.6. The van der Waals surface area contributed by atoms with Crippen LogP contribution < -0.4 is 5.32 Å². The number of aryl methyl sites for hydroxylation is 2. The lowest BCUT2D eigenvalue weighted by Gasteiger charge is -2.09. The van der Waals surface area contributed by atoms with Crippen molar-refractivity contribution >= 4 is 23.2 Å². The fraction of sp³-hybridized carbons (Fsp3) is 0.118. The van der Waals surface area contributed by atoms with Crippen molar-refractivity contribution in [3.8, 4) is 11.5 Å². The molecule has 0 unspecified atom stereocenters. The number of carbonyl (C=O) groups is 1. The van der Waals surface area contributed by atoms with Gasteiger partial charge >= 0.3 is 11.8 Å². The minimum atomic E-state index is -0.442. The molecule has 0 saturated carbocycles. The van der Waals surface area contributed by atoms with E-state index in [4.69, 9.17) is 16.0 Å². The van der Waals surface area contributed by atoms with Gasteiger partial charge in [-0.15, -0.1) is 10.2 Å².